The third-order valence-electron chi connectivity index (χ3n) is 12.6. The van der Waals surface area contributed by atoms with Gasteiger partial charge in [-0.3, -0.25) is 14.4 Å². The number of esters is 4. The van der Waals surface area contributed by atoms with Crippen LogP contribution in [-0.4, -0.2) is 88.2 Å². The Morgan fingerprint density at radius 3 is 2.15 bits per heavy atom. The van der Waals surface area contributed by atoms with Crippen LogP contribution in [0.3, 0.4) is 0 Å². The molecule has 1 heterocycles. The fraction of sp³-hybridized carbons (Fsp3) is 0.525. The van der Waals surface area contributed by atoms with E-state index in [1.807, 2.05) is 0 Å². The lowest BCUT2D eigenvalue weighted by atomic mass is 9.48. The number of hydrogen-bond donors (Lipinski definition) is 3. The van der Waals surface area contributed by atoms with Gasteiger partial charge in [0.15, 0.2) is 23.6 Å². The zero-order chi connectivity index (χ0) is 38.2. The van der Waals surface area contributed by atoms with Crippen molar-refractivity contribution in [2.75, 3.05) is 6.61 Å². The molecule has 1 saturated heterocycles. The van der Waals surface area contributed by atoms with Gasteiger partial charge in [-0.2, -0.15) is 0 Å². The van der Waals surface area contributed by atoms with Crippen molar-refractivity contribution < 1.29 is 57.9 Å². The monoisotopic (exact) mass is 731 g/mol. The highest BCUT2D eigenvalue weighted by molar-refractivity contribution is 5.97. The quantitative estimate of drug-likeness (QED) is 0.204. The molecular weight excluding hydrogens is 686 g/mol. The average molecular weight is 732 g/mol. The molecule has 11 atom stereocenters. The third kappa shape index (κ3) is 5.54. The molecule has 2 aromatic carbocycles. The summed E-state index contributed by atoms with van der Waals surface area (Å²) in [5.41, 5.74) is 0.896. The first-order valence-corrected chi connectivity index (χ1v) is 17.9. The van der Waals surface area contributed by atoms with Crippen molar-refractivity contribution >= 4 is 29.7 Å². The number of Topliss-reactive ketones (excluding diaryl/α,β-unsaturated/α-hetero) is 1. The molecule has 6 unspecified atom stereocenters. The molecular formula is C40H45NO12. The van der Waals surface area contributed by atoms with Crippen molar-refractivity contribution in [3.05, 3.63) is 82.9 Å². The van der Waals surface area contributed by atoms with Crippen LogP contribution in [0.4, 0.5) is 0 Å². The van der Waals surface area contributed by atoms with Crippen LogP contribution in [-0.2, 0) is 42.9 Å². The summed E-state index contributed by atoms with van der Waals surface area (Å²) in [7, 11) is 0. The van der Waals surface area contributed by atoms with Gasteiger partial charge in [0.25, 0.3) is 0 Å². The Morgan fingerprint density at radius 1 is 0.925 bits per heavy atom. The van der Waals surface area contributed by atoms with Gasteiger partial charge in [0.05, 0.1) is 24.1 Å². The first kappa shape index (κ1) is 36.9. The van der Waals surface area contributed by atoms with Gasteiger partial charge in [-0.1, -0.05) is 62.4 Å². The normalized spacial score (nSPS) is 36.0. The summed E-state index contributed by atoms with van der Waals surface area (Å²) in [4.78, 5) is 68.7. The molecule has 13 heteroatoms. The van der Waals surface area contributed by atoms with Crippen LogP contribution in [0.1, 0.15) is 75.8 Å². The highest BCUT2D eigenvalue weighted by Gasteiger charge is 2.84. The number of carbonyl (C=O) groups excluding carboxylic acids is 5. The molecule has 1 aliphatic heterocycles. The number of aliphatic hydroxyl groups is 2. The van der Waals surface area contributed by atoms with Crippen molar-refractivity contribution in [2.45, 2.75) is 102 Å². The van der Waals surface area contributed by atoms with Gasteiger partial charge >= 0.3 is 23.9 Å². The summed E-state index contributed by atoms with van der Waals surface area (Å²) in [6, 6.07) is 15.5. The Balaban J connectivity index is 1.41. The molecule has 5 aliphatic rings. The molecule has 1 spiro atoms. The predicted octanol–water partition coefficient (Wildman–Crippen LogP) is 2.90. The number of hydrogen-bond acceptors (Lipinski definition) is 13. The van der Waals surface area contributed by atoms with E-state index >= 15 is 4.79 Å². The minimum atomic E-state index is -2.17. The van der Waals surface area contributed by atoms with E-state index in [1.165, 1.54) is 13.8 Å². The number of benzene rings is 2. The Labute approximate surface area is 306 Å². The summed E-state index contributed by atoms with van der Waals surface area (Å²) in [6.45, 7) is 7.18. The molecule has 2 aromatic rings. The van der Waals surface area contributed by atoms with Gasteiger partial charge in [-0.05, 0) is 54.5 Å². The first-order valence-electron chi connectivity index (χ1n) is 17.9. The first-order chi connectivity index (χ1) is 25.0. The van der Waals surface area contributed by atoms with E-state index in [0.29, 0.717) is 17.6 Å². The lowest BCUT2D eigenvalue weighted by Crippen LogP contribution is -2.78. The molecule has 4 aliphatic carbocycles. The molecule has 0 aromatic heterocycles. The Morgan fingerprint density at radius 2 is 1.57 bits per heavy atom. The van der Waals surface area contributed by atoms with E-state index in [9.17, 15) is 29.4 Å². The molecule has 7 rings (SSSR count). The van der Waals surface area contributed by atoms with Gasteiger partial charge in [0.2, 0.25) is 0 Å². The molecule has 0 radical (unpaired) electrons. The Kier molecular flexibility index (Phi) is 8.96. The number of aliphatic hydroxyl groups excluding tert-OH is 1. The molecule has 4 N–H and O–H groups in total. The number of carbonyl (C=O) groups is 5. The third-order valence-corrected chi connectivity index (χ3v) is 12.6. The van der Waals surface area contributed by atoms with Crippen LogP contribution < -0.4 is 5.73 Å². The van der Waals surface area contributed by atoms with E-state index in [4.69, 9.17) is 29.4 Å². The van der Waals surface area contributed by atoms with Gasteiger partial charge in [-0.15, -0.1) is 0 Å². The van der Waals surface area contributed by atoms with Crippen molar-refractivity contribution in [2.24, 2.45) is 28.4 Å². The SMILES string of the molecule is CC(=O)O[C@H]1C(=O)C23CC2CC2OC[C@@]2(OC(C)=O)C3[C@H](OC(=O)c2ccccc2)[C@]2(O)CC(OC(=O)C(O)[C@@H](N)c3ccccc3)C(C)=C1C2(C)C. The standard InChI is InChI=1S/C40H45NO12/c1-20-26(51-36(47)30(44)29(41)23-12-8-6-9-13-23)18-40(48)34(52-35(46)24-14-10-7-11-15-24)32-38(33(45)31(50-21(2)42)28(20)37(40,4)5)17-25(38)16-27-39(32,19-49-27)53-22(3)43/h6-15,25-27,29-32,34,44,48H,16-19,41H2,1-5H3/t25?,26?,27?,29-,30?,31+,32?,34-,38?,39-,40+/m0/s1. The Bertz CT molecular complexity index is 1880. The molecule has 0 amide bonds. The molecule has 3 saturated carbocycles. The maximum absolute atomic E-state index is 15.3. The van der Waals surface area contributed by atoms with Gasteiger partial charge < -0.3 is 39.6 Å². The van der Waals surface area contributed by atoms with Crippen LogP contribution >= 0.6 is 0 Å². The highest BCUT2D eigenvalue weighted by atomic mass is 16.6. The van der Waals surface area contributed by atoms with E-state index in [1.54, 1.807) is 81.4 Å². The minimum Gasteiger partial charge on any atom is -0.456 e. The van der Waals surface area contributed by atoms with Crippen LogP contribution in [0.25, 0.3) is 0 Å². The highest BCUT2D eigenvalue weighted by Crippen LogP contribution is 2.74. The fourth-order valence-electron chi connectivity index (χ4n) is 9.84. The van der Waals surface area contributed by atoms with Gasteiger partial charge in [0.1, 0.15) is 23.9 Å². The molecule has 4 fully saturated rings. The van der Waals surface area contributed by atoms with E-state index in [2.05, 4.69) is 0 Å². The number of ketones is 1. The van der Waals surface area contributed by atoms with E-state index in [-0.39, 0.29) is 36.5 Å². The smallest absolute Gasteiger partial charge is 0.338 e. The molecule has 2 bridgehead atoms. The van der Waals surface area contributed by atoms with Crippen LogP contribution in [0.2, 0.25) is 0 Å². The number of ether oxygens (including phenoxy) is 5. The maximum Gasteiger partial charge on any atom is 0.338 e. The van der Waals surface area contributed by atoms with E-state index in [0.717, 1.165) is 0 Å². The minimum absolute atomic E-state index is 0.137. The summed E-state index contributed by atoms with van der Waals surface area (Å²) < 4.78 is 30.3. The summed E-state index contributed by atoms with van der Waals surface area (Å²) >= 11 is 0. The topological polar surface area (TPSA) is 198 Å². The fourth-order valence-corrected chi connectivity index (χ4v) is 9.84. The lowest BCUT2D eigenvalue weighted by molar-refractivity contribution is -0.323. The summed E-state index contributed by atoms with van der Waals surface area (Å²) in [5.74, 6) is -5.32. The summed E-state index contributed by atoms with van der Waals surface area (Å²) in [6.07, 6.45) is -6.66. The number of rotatable bonds is 8. The van der Waals surface area contributed by atoms with Crippen molar-refractivity contribution in [1.29, 1.82) is 0 Å². The van der Waals surface area contributed by atoms with Crippen LogP contribution in [0, 0.1) is 22.7 Å². The maximum atomic E-state index is 15.3. The number of fused-ring (bicyclic) bond motifs is 4. The molecule has 13 nitrogen and oxygen atoms in total. The van der Waals surface area contributed by atoms with Crippen LogP contribution in [0.5, 0.6) is 0 Å². The number of nitrogens with two attached hydrogens (primary N) is 1. The second kappa shape index (κ2) is 12.9. The van der Waals surface area contributed by atoms with Crippen molar-refractivity contribution in [3.8, 4) is 0 Å². The van der Waals surface area contributed by atoms with Crippen molar-refractivity contribution in [3.63, 3.8) is 0 Å². The van der Waals surface area contributed by atoms with E-state index < -0.39 is 94.2 Å². The zero-order valence-corrected chi connectivity index (χ0v) is 30.3. The predicted molar refractivity (Wildman–Crippen MR) is 184 cm³/mol. The van der Waals surface area contributed by atoms with Gasteiger partial charge in [-0.25, -0.2) is 9.59 Å². The van der Waals surface area contributed by atoms with Crippen molar-refractivity contribution in [1.82, 2.24) is 0 Å². The molecule has 282 valence electrons. The second-order valence-electron chi connectivity index (χ2n) is 15.7. The zero-order valence-electron chi connectivity index (χ0n) is 30.3. The van der Waals surface area contributed by atoms with Gasteiger partial charge in [0, 0.05) is 31.1 Å². The lowest BCUT2D eigenvalue weighted by Gasteiger charge is -2.64. The molecule has 53 heavy (non-hydrogen) atoms. The van der Waals surface area contributed by atoms with Crippen LogP contribution in [0.15, 0.2) is 71.8 Å². The average Bonchev–Trinajstić information content (AvgIpc) is 3.85. The second-order valence-corrected chi connectivity index (χ2v) is 15.7. The Hall–Kier alpha value is -4.43. The largest absolute Gasteiger partial charge is 0.456 e. The summed E-state index contributed by atoms with van der Waals surface area (Å²) in [5, 5.41) is 24.6.